The van der Waals surface area contributed by atoms with Gasteiger partial charge in [-0.25, -0.2) is 13.1 Å². The molecule has 1 heterocycles. The van der Waals surface area contributed by atoms with Crippen LogP contribution in [0, 0.1) is 18.8 Å². The second kappa shape index (κ2) is 6.87. The Morgan fingerprint density at radius 1 is 1.29 bits per heavy atom. The Kier molecular flexibility index (Phi) is 5.15. The fraction of sp³-hybridized carbons (Fsp3) is 0.200. The van der Waals surface area contributed by atoms with Gasteiger partial charge in [0.15, 0.2) is 0 Å². The van der Waals surface area contributed by atoms with Crippen LogP contribution in [0.1, 0.15) is 16.0 Å². The molecule has 21 heavy (non-hydrogen) atoms. The van der Waals surface area contributed by atoms with Crippen LogP contribution < -0.4 is 10.5 Å². The summed E-state index contributed by atoms with van der Waals surface area (Å²) in [5, 5.41) is 0. The molecule has 0 aliphatic carbocycles. The highest BCUT2D eigenvalue weighted by Crippen LogP contribution is 2.20. The minimum absolute atomic E-state index is 0.234. The van der Waals surface area contributed by atoms with Crippen LogP contribution in [-0.2, 0) is 16.6 Å². The van der Waals surface area contributed by atoms with Crippen molar-refractivity contribution in [1.29, 1.82) is 0 Å². The molecule has 6 heteroatoms. The second-order valence-electron chi connectivity index (χ2n) is 4.40. The molecule has 0 radical (unpaired) electrons. The zero-order valence-electron chi connectivity index (χ0n) is 11.6. The molecule has 0 amide bonds. The van der Waals surface area contributed by atoms with Crippen molar-refractivity contribution in [2.24, 2.45) is 5.73 Å². The third kappa shape index (κ3) is 4.41. The molecule has 0 aliphatic rings. The molecule has 2 rings (SSSR count). The molecule has 3 N–H and O–H groups in total. The number of sulfonamides is 1. The van der Waals surface area contributed by atoms with Gasteiger partial charge in [-0.1, -0.05) is 24.0 Å². The summed E-state index contributed by atoms with van der Waals surface area (Å²) in [7, 11) is -3.45. The molecule has 0 aliphatic heterocycles. The lowest BCUT2D eigenvalue weighted by molar-refractivity contribution is 0.583. The first-order chi connectivity index (χ1) is 10.0. The van der Waals surface area contributed by atoms with Crippen LogP contribution in [0.25, 0.3) is 0 Å². The van der Waals surface area contributed by atoms with E-state index in [4.69, 9.17) is 5.73 Å². The van der Waals surface area contributed by atoms with E-state index in [1.54, 1.807) is 12.1 Å². The van der Waals surface area contributed by atoms with E-state index in [9.17, 15) is 8.42 Å². The average Bonchev–Trinajstić information content (AvgIpc) is 2.91. The number of nitrogens with two attached hydrogens (primary N) is 1. The lowest BCUT2D eigenvalue weighted by Gasteiger charge is -2.05. The minimum Gasteiger partial charge on any atom is -0.320 e. The van der Waals surface area contributed by atoms with E-state index in [1.165, 1.54) is 11.3 Å². The van der Waals surface area contributed by atoms with Crippen molar-refractivity contribution in [2.45, 2.75) is 17.7 Å². The fourth-order valence-electron chi connectivity index (χ4n) is 1.72. The number of benzene rings is 1. The van der Waals surface area contributed by atoms with Gasteiger partial charge in [0.1, 0.15) is 4.21 Å². The third-order valence-corrected chi connectivity index (χ3v) is 5.60. The lowest BCUT2D eigenvalue weighted by Crippen LogP contribution is -2.22. The summed E-state index contributed by atoms with van der Waals surface area (Å²) in [6.45, 7) is 2.41. The van der Waals surface area contributed by atoms with Crippen LogP contribution in [-0.4, -0.2) is 15.0 Å². The second-order valence-corrected chi connectivity index (χ2v) is 7.68. The van der Waals surface area contributed by atoms with Gasteiger partial charge >= 0.3 is 0 Å². The zero-order chi connectivity index (χ0) is 15.3. The summed E-state index contributed by atoms with van der Waals surface area (Å²) < 4.78 is 27.2. The number of thiophene rings is 1. The van der Waals surface area contributed by atoms with Gasteiger partial charge in [-0.05, 0) is 36.8 Å². The number of hydrogen-bond acceptors (Lipinski definition) is 4. The summed E-state index contributed by atoms with van der Waals surface area (Å²) >= 11 is 1.26. The normalized spacial score (nSPS) is 11.0. The number of rotatable bonds is 4. The highest BCUT2D eigenvalue weighted by atomic mass is 32.2. The topological polar surface area (TPSA) is 72.2 Å². The van der Waals surface area contributed by atoms with Gasteiger partial charge in [-0.15, -0.1) is 11.3 Å². The maximum absolute atomic E-state index is 12.1. The molecule has 1 aromatic heterocycles. The van der Waals surface area contributed by atoms with E-state index >= 15 is 0 Å². The van der Waals surface area contributed by atoms with Crippen molar-refractivity contribution in [3.63, 3.8) is 0 Å². The molecule has 2 aromatic rings. The predicted molar refractivity (Wildman–Crippen MR) is 85.5 cm³/mol. The van der Waals surface area contributed by atoms with Crippen molar-refractivity contribution < 1.29 is 8.42 Å². The predicted octanol–water partition coefficient (Wildman–Crippen LogP) is 1.85. The van der Waals surface area contributed by atoms with Gasteiger partial charge in [0.2, 0.25) is 10.0 Å². The first kappa shape index (κ1) is 15.7. The molecule has 0 saturated carbocycles. The summed E-state index contributed by atoms with van der Waals surface area (Å²) in [4.78, 5) is 0.967. The quantitative estimate of drug-likeness (QED) is 0.845. The smallest absolute Gasteiger partial charge is 0.250 e. The van der Waals surface area contributed by atoms with Gasteiger partial charge in [-0.3, -0.25) is 0 Å². The molecule has 4 nitrogen and oxygen atoms in total. The number of nitrogens with one attached hydrogen (secondary N) is 1. The molecule has 0 unspecified atom stereocenters. The van der Waals surface area contributed by atoms with E-state index in [2.05, 4.69) is 16.6 Å². The Hall–Kier alpha value is -1.65. The molecule has 0 spiro atoms. The average molecular weight is 320 g/mol. The van der Waals surface area contributed by atoms with E-state index in [0.717, 1.165) is 16.0 Å². The molecule has 110 valence electrons. The lowest BCUT2D eigenvalue weighted by atomic mass is 10.1. The molecule has 0 saturated heterocycles. The highest BCUT2D eigenvalue weighted by Gasteiger charge is 2.15. The van der Waals surface area contributed by atoms with E-state index in [1.807, 2.05) is 31.2 Å². The van der Waals surface area contributed by atoms with Gasteiger partial charge in [-0.2, -0.15) is 0 Å². The van der Waals surface area contributed by atoms with Gasteiger partial charge in [0.05, 0.1) is 6.54 Å². The molecular weight excluding hydrogens is 304 g/mol. The van der Waals surface area contributed by atoms with Crippen LogP contribution in [0.2, 0.25) is 0 Å². The zero-order valence-corrected chi connectivity index (χ0v) is 13.2. The van der Waals surface area contributed by atoms with Crippen molar-refractivity contribution in [3.8, 4) is 11.8 Å². The van der Waals surface area contributed by atoms with Crippen molar-refractivity contribution in [2.75, 3.05) is 6.54 Å². The van der Waals surface area contributed by atoms with Gasteiger partial charge in [0.25, 0.3) is 0 Å². The minimum atomic E-state index is -3.45. The molecular formula is C15H16N2O2S2. The van der Waals surface area contributed by atoms with E-state index in [-0.39, 0.29) is 6.54 Å². The maximum atomic E-state index is 12.1. The Bertz CT molecular complexity index is 783. The Morgan fingerprint density at radius 3 is 2.76 bits per heavy atom. The number of hydrogen-bond donors (Lipinski definition) is 2. The van der Waals surface area contributed by atoms with Gasteiger partial charge < -0.3 is 5.73 Å². The summed E-state index contributed by atoms with van der Waals surface area (Å²) in [6.07, 6.45) is 0. The van der Waals surface area contributed by atoms with Crippen molar-refractivity contribution in [3.05, 3.63) is 52.4 Å². The van der Waals surface area contributed by atoms with Crippen LogP contribution >= 0.6 is 11.3 Å². The molecule has 0 atom stereocenters. The van der Waals surface area contributed by atoms with Crippen LogP contribution in [0.15, 0.2) is 40.6 Å². The van der Waals surface area contributed by atoms with E-state index < -0.39 is 10.0 Å². The summed E-state index contributed by atoms with van der Waals surface area (Å²) in [5.41, 5.74) is 7.01. The van der Waals surface area contributed by atoms with Gasteiger partial charge in [0, 0.05) is 17.0 Å². The molecule has 0 fully saturated rings. The number of aryl methyl sites for hydroxylation is 1. The van der Waals surface area contributed by atoms with Crippen LogP contribution in [0.4, 0.5) is 0 Å². The SMILES string of the molecule is Cc1ccc(S(=O)(=O)NCc2cccc(C#CCN)c2)s1. The Morgan fingerprint density at radius 2 is 2.10 bits per heavy atom. The first-order valence-electron chi connectivity index (χ1n) is 6.35. The van der Waals surface area contributed by atoms with Crippen LogP contribution in [0.3, 0.4) is 0 Å². The molecule has 0 bridgehead atoms. The maximum Gasteiger partial charge on any atom is 0.250 e. The van der Waals surface area contributed by atoms with Crippen molar-refractivity contribution >= 4 is 21.4 Å². The molecule has 1 aromatic carbocycles. The standard InChI is InChI=1S/C15H16N2O2S2/c1-12-7-8-15(20-12)21(18,19)17-11-14-5-2-4-13(10-14)6-3-9-16/h2,4-5,7-8,10,17H,9,11,16H2,1H3. The van der Waals surface area contributed by atoms with Crippen LogP contribution in [0.5, 0.6) is 0 Å². The third-order valence-electron chi connectivity index (χ3n) is 2.71. The summed E-state index contributed by atoms with van der Waals surface area (Å²) in [5.74, 6) is 5.70. The Balaban J connectivity index is 2.09. The summed E-state index contributed by atoms with van der Waals surface area (Å²) in [6, 6.07) is 10.8. The van der Waals surface area contributed by atoms with E-state index in [0.29, 0.717) is 10.8 Å². The Labute approximate surface area is 129 Å². The highest BCUT2D eigenvalue weighted by molar-refractivity contribution is 7.91. The van der Waals surface area contributed by atoms with Crippen molar-refractivity contribution in [1.82, 2.24) is 4.72 Å². The first-order valence-corrected chi connectivity index (χ1v) is 8.65. The fourth-order valence-corrected chi connectivity index (χ4v) is 4.06. The largest absolute Gasteiger partial charge is 0.320 e. The monoisotopic (exact) mass is 320 g/mol.